The minimum Gasteiger partial charge on any atom is -0.354 e. The molecule has 0 bridgehead atoms. The molecule has 0 aliphatic rings. The van der Waals surface area contributed by atoms with E-state index in [1.165, 1.54) is 6.26 Å². The summed E-state index contributed by atoms with van der Waals surface area (Å²) in [4.78, 5) is 4.12. The Morgan fingerprint density at radius 3 is 2.71 bits per heavy atom. The van der Waals surface area contributed by atoms with Crippen LogP contribution in [0.1, 0.15) is 18.9 Å². The first kappa shape index (κ1) is 17.8. The normalized spacial score (nSPS) is 13.8. The molecule has 0 saturated heterocycles. The van der Waals surface area contributed by atoms with Crippen LogP contribution in [0.15, 0.2) is 29.3 Å². The second kappa shape index (κ2) is 8.24. The van der Waals surface area contributed by atoms with E-state index in [1.54, 1.807) is 7.05 Å². The molecule has 1 aromatic carbocycles. The SMILES string of the molecule is CN=C(NCc1cccc(Cl)c1)NC(C)CCS(C)(=O)=O. The fraction of sp³-hybridized carbons (Fsp3) is 0.500. The lowest BCUT2D eigenvalue weighted by Crippen LogP contribution is -2.42. The Hall–Kier alpha value is -1.27. The Bertz CT molecular complexity index is 588. The Labute approximate surface area is 131 Å². The molecular weight excluding hydrogens is 310 g/mol. The summed E-state index contributed by atoms with van der Waals surface area (Å²) in [6.45, 7) is 2.52. The van der Waals surface area contributed by atoms with Crippen molar-refractivity contribution in [2.75, 3.05) is 19.1 Å². The van der Waals surface area contributed by atoms with Gasteiger partial charge in [0.1, 0.15) is 9.84 Å². The number of halogens is 1. The molecule has 0 heterocycles. The van der Waals surface area contributed by atoms with Crippen LogP contribution in [0.5, 0.6) is 0 Å². The molecule has 0 saturated carbocycles. The van der Waals surface area contributed by atoms with Gasteiger partial charge in [-0.3, -0.25) is 4.99 Å². The van der Waals surface area contributed by atoms with Gasteiger partial charge in [0.25, 0.3) is 0 Å². The van der Waals surface area contributed by atoms with Gasteiger partial charge in [0.15, 0.2) is 5.96 Å². The first-order valence-corrected chi connectivity index (χ1v) is 9.13. The van der Waals surface area contributed by atoms with E-state index in [0.29, 0.717) is 23.9 Å². The van der Waals surface area contributed by atoms with Gasteiger partial charge in [0.05, 0.1) is 5.75 Å². The van der Waals surface area contributed by atoms with Crippen LogP contribution in [0.4, 0.5) is 0 Å². The second-order valence-corrected chi connectivity index (χ2v) is 7.72. The van der Waals surface area contributed by atoms with Crippen LogP contribution in [0.25, 0.3) is 0 Å². The van der Waals surface area contributed by atoms with Crippen molar-refractivity contribution in [2.45, 2.75) is 25.9 Å². The van der Waals surface area contributed by atoms with Gasteiger partial charge in [0, 0.05) is 30.9 Å². The Balaban J connectivity index is 2.45. The highest BCUT2D eigenvalue weighted by Gasteiger charge is 2.09. The monoisotopic (exact) mass is 331 g/mol. The fourth-order valence-corrected chi connectivity index (χ4v) is 2.72. The first-order chi connectivity index (χ1) is 9.80. The lowest BCUT2D eigenvalue weighted by molar-refractivity contribution is 0.581. The van der Waals surface area contributed by atoms with Crippen LogP contribution in [0, 0.1) is 0 Å². The van der Waals surface area contributed by atoms with Gasteiger partial charge in [-0.25, -0.2) is 8.42 Å². The average molecular weight is 332 g/mol. The van der Waals surface area contributed by atoms with Crippen LogP contribution < -0.4 is 10.6 Å². The number of sulfone groups is 1. The number of nitrogens with one attached hydrogen (secondary N) is 2. The van der Waals surface area contributed by atoms with Crippen molar-refractivity contribution in [1.29, 1.82) is 0 Å². The van der Waals surface area contributed by atoms with Gasteiger partial charge in [0.2, 0.25) is 0 Å². The predicted octanol–water partition coefficient (Wildman–Crippen LogP) is 1.83. The van der Waals surface area contributed by atoms with E-state index in [0.717, 1.165) is 5.56 Å². The molecule has 1 aromatic rings. The highest BCUT2D eigenvalue weighted by atomic mass is 35.5. The predicted molar refractivity (Wildman–Crippen MR) is 88.6 cm³/mol. The maximum absolute atomic E-state index is 11.1. The molecule has 0 fully saturated rings. The van der Waals surface area contributed by atoms with Crippen molar-refractivity contribution in [3.63, 3.8) is 0 Å². The van der Waals surface area contributed by atoms with Crippen LogP contribution in [-0.4, -0.2) is 39.5 Å². The minimum absolute atomic E-state index is 0.0188. The summed E-state index contributed by atoms with van der Waals surface area (Å²) >= 11 is 5.93. The highest BCUT2D eigenvalue weighted by molar-refractivity contribution is 7.90. The van der Waals surface area contributed by atoms with Gasteiger partial charge < -0.3 is 10.6 Å². The van der Waals surface area contributed by atoms with E-state index in [9.17, 15) is 8.42 Å². The Kier molecular flexibility index (Phi) is 6.98. The third-order valence-corrected chi connectivity index (χ3v) is 4.09. The van der Waals surface area contributed by atoms with Crippen LogP contribution in [0.2, 0.25) is 5.02 Å². The summed E-state index contributed by atoms with van der Waals surface area (Å²) < 4.78 is 22.3. The summed E-state index contributed by atoms with van der Waals surface area (Å²) in [6.07, 6.45) is 1.78. The Morgan fingerprint density at radius 1 is 1.43 bits per heavy atom. The lowest BCUT2D eigenvalue weighted by Gasteiger charge is -2.17. The molecular formula is C14H22ClN3O2S. The van der Waals surface area contributed by atoms with Gasteiger partial charge in [-0.05, 0) is 31.0 Å². The lowest BCUT2D eigenvalue weighted by atomic mass is 10.2. The maximum Gasteiger partial charge on any atom is 0.191 e. The number of benzene rings is 1. The zero-order valence-electron chi connectivity index (χ0n) is 12.6. The number of aliphatic imine (C=N–C) groups is 1. The largest absolute Gasteiger partial charge is 0.354 e. The summed E-state index contributed by atoms with van der Waals surface area (Å²) in [6, 6.07) is 7.59. The summed E-state index contributed by atoms with van der Waals surface area (Å²) in [5.74, 6) is 0.794. The molecule has 0 aliphatic carbocycles. The molecule has 1 unspecified atom stereocenters. The molecule has 21 heavy (non-hydrogen) atoms. The van der Waals surface area contributed by atoms with E-state index in [-0.39, 0.29) is 11.8 Å². The topological polar surface area (TPSA) is 70.6 Å². The zero-order chi connectivity index (χ0) is 15.9. The molecule has 0 radical (unpaired) electrons. The van der Waals surface area contributed by atoms with Gasteiger partial charge in [-0.2, -0.15) is 0 Å². The van der Waals surface area contributed by atoms with Gasteiger partial charge in [-0.15, -0.1) is 0 Å². The number of nitrogens with zero attached hydrogens (tertiary/aromatic N) is 1. The number of guanidine groups is 1. The third kappa shape index (κ3) is 7.92. The van der Waals surface area contributed by atoms with Crippen LogP contribution in [0.3, 0.4) is 0 Å². The summed E-state index contributed by atoms with van der Waals surface area (Å²) in [7, 11) is -1.26. The molecule has 2 N–H and O–H groups in total. The third-order valence-electron chi connectivity index (χ3n) is 2.88. The molecule has 7 heteroatoms. The van der Waals surface area contributed by atoms with Crippen molar-refractivity contribution in [2.24, 2.45) is 4.99 Å². The molecule has 0 aromatic heterocycles. The number of hydrogen-bond donors (Lipinski definition) is 2. The number of rotatable bonds is 6. The van der Waals surface area contributed by atoms with E-state index in [2.05, 4.69) is 15.6 Å². The van der Waals surface area contributed by atoms with Crippen molar-refractivity contribution in [3.8, 4) is 0 Å². The van der Waals surface area contributed by atoms with Gasteiger partial charge >= 0.3 is 0 Å². The smallest absolute Gasteiger partial charge is 0.191 e. The summed E-state index contributed by atoms with van der Waals surface area (Å²) in [5, 5.41) is 7.03. The molecule has 0 aliphatic heterocycles. The van der Waals surface area contributed by atoms with Crippen molar-refractivity contribution in [3.05, 3.63) is 34.9 Å². The molecule has 1 rings (SSSR count). The van der Waals surface area contributed by atoms with Crippen LogP contribution in [-0.2, 0) is 16.4 Å². The molecule has 0 amide bonds. The average Bonchev–Trinajstić information content (AvgIpc) is 2.40. The number of hydrogen-bond acceptors (Lipinski definition) is 3. The van der Waals surface area contributed by atoms with E-state index in [4.69, 9.17) is 11.6 Å². The van der Waals surface area contributed by atoms with Crippen molar-refractivity contribution in [1.82, 2.24) is 10.6 Å². The van der Waals surface area contributed by atoms with Crippen molar-refractivity contribution < 1.29 is 8.42 Å². The fourth-order valence-electron chi connectivity index (χ4n) is 1.72. The van der Waals surface area contributed by atoms with E-state index in [1.807, 2.05) is 31.2 Å². The molecule has 118 valence electrons. The van der Waals surface area contributed by atoms with Crippen LogP contribution >= 0.6 is 11.6 Å². The minimum atomic E-state index is -2.94. The maximum atomic E-state index is 11.1. The van der Waals surface area contributed by atoms with E-state index >= 15 is 0 Å². The molecule has 5 nitrogen and oxygen atoms in total. The van der Waals surface area contributed by atoms with Gasteiger partial charge in [-0.1, -0.05) is 23.7 Å². The molecule has 1 atom stereocenters. The highest BCUT2D eigenvalue weighted by Crippen LogP contribution is 2.10. The van der Waals surface area contributed by atoms with E-state index < -0.39 is 9.84 Å². The van der Waals surface area contributed by atoms with Crippen molar-refractivity contribution >= 4 is 27.4 Å². The summed E-state index contributed by atoms with van der Waals surface area (Å²) in [5.41, 5.74) is 1.05. The molecule has 0 spiro atoms. The quantitative estimate of drug-likeness (QED) is 0.616. The zero-order valence-corrected chi connectivity index (χ0v) is 14.1. The second-order valence-electron chi connectivity index (χ2n) is 5.02. The first-order valence-electron chi connectivity index (χ1n) is 6.69. The standard InChI is InChI=1S/C14H22ClN3O2S/c1-11(7-8-21(3,19)20)18-14(16-2)17-10-12-5-4-6-13(15)9-12/h4-6,9,11H,7-8,10H2,1-3H3,(H2,16,17,18). The Morgan fingerprint density at radius 2 is 2.14 bits per heavy atom.